The second kappa shape index (κ2) is 6.23. The summed E-state index contributed by atoms with van der Waals surface area (Å²) in [5.74, 6) is 7.00. The maximum Gasteiger partial charge on any atom is 0.163 e. The van der Waals surface area contributed by atoms with E-state index in [1.165, 1.54) is 11.8 Å². The van der Waals surface area contributed by atoms with Crippen LogP contribution in [0.5, 0.6) is 5.75 Å². The molecule has 0 spiro atoms. The molecular formula is C13H13N5OS. The van der Waals surface area contributed by atoms with Gasteiger partial charge < -0.3 is 10.2 Å². The first-order valence-electron chi connectivity index (χ1n) is 5.70. The summed E-state index contributed by atoms with van der Waals surface area (Å²) >= 11 is 1.37. The Morgan fingerprint density at radius 2 is 2.00 bits per heavy atom. The number of hydrogen-bond donors (Lipinski definition) is 2. The number of nitrogens with one attached hydrogen (secondary N) is 1. The number of anilines is 1. The average molecular weight is 287 g/mol. The Kier molecular flexibility index (Phi) is 4.40. The summed E-state index contributed by atoms with van der Waals surface area (Å²) in [6.07, 6.45) is 1.85. The Hall–Kier alpha value is -2.30. The van der Waals surface area contributed by atoms with Crippen molar-refractivity contribution >= 4 is 17.6 Å². The fourth-order valence-corrected chi connectivity index (χ4v) is 2.19. The van der Waals surface area contributed by atoms with Gasteiger partial charge in [0.2, 0.25) is 0 Å². The van der Waals surface area contributed by atoms with Gasteiger partial charge in [-0.25, -0.2) is 15.8 Å². The minimum Gasteiger partial charge on any atom is -0.497 e. The number of benzene rings is 1. The number of methoxy groups -OCH3 is 1. The number of nitriles is 1. The molecule has 3 N–H and O–H groups in total. The second-order valence-corrected chi connectivity index (χ2v) is 4.56. The van der Waals surface area contributed by atoms with E-state index in [9.17, 15) is 0 Å². The van der Waals surface area contributed by atoms with E-state index in [1.807, 2.05) is 30.5 Å². The van der Waals surface area contributed by atoms with Gasteiger partial charge in [0.1, 0.15) is 22.4 Å². The molecule has 0 bridgehead atoms. The Balaban J connectivity index is 2.54. The van der Waals surface area contributed by atoms with Crippen LogP contribution >= 0.6 is 11.8 Å². The van der Waals surface area contributed by atoms with Crippen LogP contribution in [-0.4, -0.2) is 23.3 Å². The van der Waals surface area contributed by atoms with Crippen molar-refractivity contribution in [2.45, 2.75) is 5.03 Å². The van der Waals surface area contributed by atoms with Gasteiger partial charge in [0.25, 0.3) is 0 Å². The summed E-state index contributed by atoms with van der Waals surface area (Å²) in [7, 11) is 1.61. The lowest BCUT2D eigenvalue weighted by Gasteiger charge is -2.09. The molecule has 6 nitrogen and oxygen atoms in total. The van der Waals surface area contributed by atoms with Crippen molar-refractivity contribution in [2.75, 3.05) is 18.8 Å². The number of thioether (sulfide) groups is 1. The molecule has 0 fully saturated rings. The van der Waals surface area contributed by atoms with Crippen molar-refractivity contribution in [3.8, 4) is 23.2 Å². The number of hydrogen-bond acceptors (Lipinski definition) is 7. The summed E-state index contributed by atoms with van der Waals surface area (Å²) in [6.45, 7) is 0. The molecule has 2 rings (SSSR count). The quantitative estimate of drug-likeness (QED) is 0.384. The van der Waals surface area contributed by atoms with E-state index in [0.29, 0.717) is 22.2 Å². The summed E-state index contributed by atoms with van der Waals surface area (Å²) in [5.41, 5.74) is 3.61. The molecular weight excluding hydrogens is 274 g/mol. The van der Waals surface area contributed by atoms with Gasteiger partial charge in [-0.15, -0.1) is 11.8 Å². The van der Waals surface area contributed by atoms with Gasteiger partial charge in [0.15, 0.2) is 11.6 Å². The van der Waals surface area contributed by atoms with Gasteiger partial charge in [-0.1, -0.05) is 0 Å². The van der Waals surface area contributed by atoms with Gasteiger partial charge in [-0.3, -0.25) is 0 Å². The number of aromatic nitrogens is 2. The van der Waals surface area contributed by atoms with Crippen LogP contribution in [0.2, 0.25) is 0 Å². The third-order valence-electron chi connectivity index (χ3n) is 2.67. The molecule has 20 heavy (non-hydrogen) atoms. The Bertz CT molecular complexity index is 626. The number of hydrazine groups is 1. The maximum absolute atomic E-state index is 9.14. The highest BCUT2D eigenvalue weighted by Crippen LogP contribution is 2.27. The highest BCUT2D eigenvalue weighted by molar-refractivity contribution is 7.98. The number of nitrogens with zero attached hydrogens (tertiary/aromatic N) is 3. The SMILES string of the molecule is COc1ccc(-c2nc(NN)c(C#N)c(SC)n2)cc1. The fourth-order valence-electron chi connectivity index (χ4n) is 1.66. The first kappa shape index (κ1) is 14.1. The van der Waals surface area contributed by atoms with Crippen LogP contribution in [0.25, 0.3) is 11.4 Å². The van der Waals surface area contributed by atoms with Gasteiger partial charge in [0, 0.05) is 5.56 Å². The van der Waals surface area contributed by atoms with E-state index < -0.39 is 0 Å². The number of ether oxygens (including phenoxy) is 1. The molecule has 102 valence electrons. The summed E-state index contributed by atoms with van der Waals surface area (Å²) < 4.78 is 5.11. The van der Waals surface area contributed by atoms with Gasteiger partial charge in [0.05, 0.1) is 7.11 Å². The largest absolute Gasteiger partial charge is 0.497 e. The molecule has 1 heterocycles. The lowest BCUT2D eigenvalue weighted by Crippen LogP contribution is -2.12. The molecule has 0 unspecified atom stereocenters. The lowest BCUT2D eigenvalue weighted by molar-refractivity contribution is 0.415. The van der Waals surface area contributed by atoms with Crippen LogP contribution in [-0.2, 0) is 0 Å². The molecule has 1 aromatic heterocycles. The van der Waals surface area contributed by atoms with Crippen molar-refractivity contribution in [1.29, 1.82) is 5.26 Å². The van der Waals surface area contributed by atoms with E-state index in [1.54, 1.807) is 7.11 Å². The molecule has 1 aromatic carbocycles. The van der Waals surface area contributed by atoms with E-state index in [0.717, 1.165) is 11.3 Å². The number of nitrogens with two attached hydrogens (primary N) is 1. The van der Waals surface area contributed by atoms with E-state index in [2.05, 4.69) is 21.5 Å². The molecule has 0 saturated heterocycles. The molecule has 0 radical (unpaired) electrons. The minimum absolute atomic E-state index is 0.317. The molecule has 7 heteroatoms. The van der Waals surface area contributed by atoms with E-state index in [4.69, 9.17) is 15.8 Å². The van der Waals surface area contributed by atoms with E-state index >= 15 is 0 Å². The smallest absolute Gasteiger partial charge is 0.163 e. The third-order valence-corrected chi connectivity index (χ3v) is 3.35. The predicted molar refractivity (Wildman–Crippen MR) is 78.3 cm³/mol. The van der Waals surface area contributed by atoms with Crippen molar-refractivity contribution in [2.24, 2.45) is 5.84 Å². The van der Waals surface area contributed by atoms with Crippen molar-refractivity contribution in [3.05, 3.63) is 29.8 Å². The average Bonchev–Trinajstić information content (AvgIpc) is 2.53. The topological polar surface area (TPSA) is 96.9 Å². The zero-order valence-corrected chi connectivity index (χ0v) is 11.9. The second-order valence-electron chi connectivity index (χ2n) is 3.76. The first-order chi connectivity index (χ1) is 9.73. The zero-order chi connectivity index (χ0) is 14.5. The Morgan fingerprint density at radius 1 is 1.30 bits per heavy atom. The standard InChI is InChI=1S/C13H13N5OS/c1-19-9-5-3-8(4-6-9)11-16-12(18-15)10(7-14)13(17-11)20-2/h3-6H,15H2,1-2H3,(H,16,17,18). The number of rotatable bonds is 4. The monoisotopic (exact) mass is 287 g/mol. The molecule has 0 aliphatic carbocycles. The van der Waals surface area contributed by atoms with Gasteiger partial charge >= 0.3 is 0 Å². The highest BCUT2D eigenvalue weighted by Gasteiger charge is 2.14. The van der Waals surface area contributed by atoms with Crippen LogP contribution in [0, 0.1) is 11.3 Å². The number of nitrogen functional groups attached to an aromatic ring is 1. The van der Waals surface area contributed by atoms with Crippen molar-refractivity contribution in [1.82, 2.24) is 9.97 Å². The van der Waals surface area contributed by atoms with Gasteiger partial charge in [-0.2, -0.15) is 5.26 Å². The van der Waals surface area contributed by atoms with Crippen LogP contribution in [0.15, 0.2) is 29.3 Å². The van der Waals surface area contributed by atoms with Crippen LogP contribution in [0.4, 0.5) is 5.82 Å². The maximum atomic E-state index is 9.14. The summed E-state index contributed by atoms with van der Waals surface area (Å²) in [5, 5.41) is 9.72. The highest BCUT2D eigenvalue weighted by atomic mass is 32.2. The molecule has 0 aliphatic heterocycles. The molecule has 0 aliphatic rings. The molecule has 2 aromatic rings. The summed E-state index contributed by atoms with van der Waals surface area (Å²) in [4.78, 5) is 8.66. The fraction of sp³-hybridized carbons (Fsp3) is 0.154. The molecule has 0 amide bonds. The normalized spacial score (nSPS) is 9.90. The molecule has 0 atom stereocenters. The van der Waals surface area contributed by atoms with Crippen LogP contribution < -0.4 is 16.0 Å². The van der Waals surface area contributed by atoms with Crippen LogP contribution in [0.1, 0.15) is 5.56 Å². The Labute approximate surface area is 121 Å². The van der Waals surface area contributed by atoms with Gasteiger partial charge in [-0.05, 0) is 30.5 Å². The lowest BCUT2D eigenvalue weighted by atomic mass is 10.2. The predicted octanol–water partition coefficient (Wildman–Crippen LogP) is 2.03. The Morgan fingerprint density at radius 3 is 2.50 bits per heavy atom. The summed E-state index contributed by atoms with van der Waals surface area (Å²) in [6, 6.07) is 9.41. The molecule has 0 saturated carbocycles. The zero-order valence-electron chi connectivity index (χ0n) is 11.0. The third kappa shape index (κ3) is 2.66. The van der Waals surface area contributed by atoms with Crippen LogP contribution in [0.3, 0.4) is 0 Å². The first-order valence-corrected chi connectivity index (χ1v) is 6.93. The van der Waals surface area contributed by atoms with Crippen molar-refractivity contribution < 1.29 is 4.74 Å². The van der Waals surface area contributed by atoms with E-state index in [-0.39, 0.29) is 0 Å². The van der Waals surface area contributed by atoms with Crippen molar-refractivity contribution in [3.63, 3.8) is 0 Å². The minimum atomic E-state index is 0.317.